The number of ether oxygens (including phenoxy) is 1. The van der Waals surface area contributed by atoms with Gasteiger partial charge in [-0.15, -0.1) is 0 Å². The summed E-state index contributed by atoms with van der Waals surface area (Å²) in [6.45, 7) is 4.57. The van der Waals surface area contributed by atoms with E-state index in [0.29, 0.717) is 23.0 Å². The van der Waals surface area contributed by atoms with Crippen molar-refractivity contribution >= 4 is 11.6 Å². The van der Waals surface area contributed by atoms with Crippen molar-refractivity contribution in [2.24, 2.45) is 0 Å². The van der Waals surface area contributed by atoms with Gasteiger partial charge < -0.3 is 14.4 Å². The first-order valence-corrected chi connectivity index (χ1v) is 6.97. The fourth-order valence-corrected chi connectivity index (χ4v) is 2.08. The van der Waals surface area contributed by atoms with Crippen molar-refractivity contribution in [2.45, 2.75) is 32.8 Å². The SMILES string of the molecule is CCCC(OCC)c1noc(-c2cc(Cl)ccc2O)n1. The molecule has 0 aliphatic heterocycles. The maximum absolute atomic E-state index is 9.83. The second-order valence-corrected chi connectivity index (χ2v) is 4.79. The number of phenols is 1. The van der Waals surface area contributed by atoms with Crippen LogP contribution in [-0.2, 0) is 4.74 Å². The molecule has 0 saturated heterocycles. The van der Waals surface area contributed by atoms with Gasteiger partial charge >= 0.3 is 0 Å². The molecule has 5 nitrogen and oxygen atoms in total. The molecule has 20 heavy (non-hydrogen) atoms. The van der Waals surface area contributed by atoms with Gasteiger partial charge in [0.1, 0.15) is 11.9 Å². The Labute approximate surface area is 122 Å². The molecule has 0 fully saturated rings. The fraction of sp³-hybridized carbons (Fsp3) is 0.429. The number of hydrogen-bond donors (Lipinski definition) is 1. The molecular weight excluding hydrogens is 280 g/mol. The summed E-state index contributed by atoms with van der Waals surface area (Å²) in [6, 6.07) is 4.68. The molecule has 0 bridgehead atoms. The van der Waals surface area contributed by atoms with Crippen molar-refractivity contribution in [1.29, 1.82) is 0 Å². The van der Waals surface area contributed by atoms with Crippen LogP contribution in [-0.4, -0.2) is 21.9 Å². The van der Waals surface area contributed by atoms with Crippen LogP contribution in [0.15, 0.2) is 22.7 Å². The van der Waals surface area contributed by atoms with Crippen molar-refractivity contribution in [2.75, 3.05) is 6.61 Å². The lowest BCUT2D eigenvalue weighted by Gasteiger charge is -2.11. The predicted molar refractivity (Wildman–Crippen MR) is 75.7 cm³/mol. The molecule has 0 amide bonds. The van der Waals surface area contributed by atoms with Gasteiger partial charge in [-0.1, -0.05) is 30.1 Å². The van der Waals surface area contributed by atoms with E-state index in [0.717, 1.165) is 12.8 Å². The number of rotatable bonds is 6. The summed E-state index contributed by atoms with van der Waals surface area (Å²) in [4.78, 5) is 4.30. The van der Waals surface area contributed by atoms with E-state index in [2.05, 4.69) is 17.1 Å². The second kappa shape index (κ2) is 6.72. The first kappa shape index (κ1) is 14.8. The number of phenolic OH excluding ortho intramolecular Hbond substituents is 1. The van der Waals surface area contributed by atoms with Crippen LogP contribution in [0.1, 0.15) is 38.6 Å². The zero-order valence-electron chi connectivity index (χ0n) is 11.5. The minimum absolute atomic E-state index is 0.0491. The fourth-order valence-electron chi connectivity index (χ4n) is 1.90. The van der Waals surface area contributed by atoms with E-state index in [1.807, 2.05) is 6.92 Å². The molecule has 0 saturated carbocycles. The zero-order valence-corrected chi connectivity index (χ0v) is 12.2. The van der Waals surface area contributed by atoms with E-state index in [-0.39, 0.29) is 17.7 Å². The van der Waals surface area contributed by atoms with Crippen LogP contribution in [0.4, 0.5) is 0 Å². The first-order chi connectivity index (χ1) is 9.65. The topological polar surface area (TPSA) is 68.4 Å². The minimum atomic E-state index is -0.191. The molecule has 2 rings (SSSR count). The quantitative estimate of drug-likeness (QED) is 0.873. The lowest BCUT2D eigenvalue weighted by molar-refractivity contribution is 0.0478. The monoisotopic (exact) mass is 296 g/mol. The third-order valence-electron chi connectivity index (χ3n) is 2.84. The predicted octanol–water partition coefficient (Wildman–Crippen LogP) is 3.97. The number of hydrogen-bond acceptors (Lipinski definition) is 5. The van der Waals surface area contributed by atoms with Crippen LogP contribution in [0.2, 0.25) is 5.02 Å². The minimum Gasteiger partial charge on any atom is -0.507 e. The molecule has 1 heterocycles. The summed E-state index contributed by atoms with van der Waals surface area (Å²) in [5, 5.41) is 14.3. The van der Waals surface area contributed by atoms with Gasteiger partial charge in [0.2, 0.25) is 5.82 Å². The zero-order chi connectivity index (χ0) is 14.5. The van der Waals surface area contributed by atoms with Crippen LogP contribution in [0.3, 0.4) is 0 Å². The standard InChI is InChI=1S/C14H17ClN2O3/c1-3-5-12(19-4-2)13-16-14(20-17-13)10-8-9(15)6-7-11(10)18/h6-8,12,18H,3-5H2,1-2H3. The van der Waals surface area contributed by atoms with Gasteiger partial charge in [0.25, 0.3) is 5.89 Å². The molecule has 108 valence electrons. The highest BCUT2D eigenvalue weighted by Crippen LogP contribution is 2.31. The van der Waals surface area contributed by atoms with Crippen molar-refractivity contribution < 1.29 is 14.4 Å². The van der Waals surface area contributed by atoms with E-state index < -0.39 is 0 Å². The second-order valence-electron chi connectivity index (χ2n) is 4.35. The number of benzene rings is 1. The van der Waals surface area contributed by atoms with Crippen molar-refractivity contribution in [3.63, 3.8) is 0 Å². The lowest BCUT2D eigenvalue weighted by Crippen LogP contribution is -2.05. The summed E-state index contributed by atoms with van der Waals surface area (Å²) in [7, 11) is 0. The van der Waals surface area contributed by atoms with Gasteiger partial charge in [-0.05, 0) is 31.5 Å². The highest BCUT2D eigenvalue weighted by atomic mass is 35.5. The largest absolute Gasteiger partial charge is 0.507 e. The molecule has 1 N–H and O–H groups in total. The van der Waals surface area contributed by atoms with Crippen LogP contribution in [0.25, 0.3) is 11.5 Å². The van der Waals surface area contributed by atoms with E-state index in [4.69, 9.17) is 20.9 Å². The van der Waals surface area contributed by atoms with Crippen LogP contribution < -0.4 is 0 Å². The molecule has 1 aromatic heterocycles. The van der Waals surface area contributed by atoms with Crippen LogP contribution in [0, 0.1) is 0 Å². The number of aromatic nitrogens is 2. The third-order valence-corrected chi connectivity index (χ3v) is 3.07. The Morgan fingerprint density at radius 2 is 2.20 bits per heavy atom. The van der Waals surface area contributed by atoms with Gasteiger partial charge in [0.15, 0.2) is 0 Å². The maximum Gasteiger partial charge on any atom is 0.261 e. The number of aromatic hydroxyl groups is 1. The van der Waals surface area contributed by atoms with E-state index in [9.17, 15) is 5.11 Å². The summed E-state index contributed by atoms with van der Waals surface area (Å²) in [5.74, 6) is 0.775. The number of nitrogens with zero attached hydrogens (tertiary/aromatic N) is 2. The first-order valence-electron chi connectivity index (χ1n) is 6.59. The normalized spacial score (nSPS) is 12.6. The van der Waals surface area contributed by atoms with Crippen LogP contribution >= 0.6 is 11.6 Å². The molecule has 0 aliphatic carbocycles. The van der Waals surface area contributed by atoms with Gasteiger partial charge in [0.05, 0.1) is 5.56 Å². The smallest absolute Gasteiger partial charge is 0.261 e. The maximum atomic E-state index is 9.83. The molecule has 2 aromatic rings. The Morgan fingerprint density at radius 3 is 2.90 bits per heavy atom. The molecule has 6 heteroatoms. The molecule has 1 aromatic carbocycles. The Hall–Kier alpha value is -1.59. The van der Waals surface area contributed by atoms with Gasteiger partial charge in [-0.3, -0.25) is 0 Å². The molecule has 0 radical (unpaired) electrons. The summed E-state index contributed by atoms with van der Waals surface area (Å²) >= 11 is 5.91. The van der Waals surface area contributed by atoms with Crippen molar-refractivity contribution in [3.8, 4) is 17.2 Å². The Morgan fingerprint density at radius 1 is 1.40 bits per heavy atom. The Balaban J connectivity index is 2.29. The van der Waals surface area contributed by atoms with Crippen molar-refractivity contribution in [3.05, 3.63) is 29.0 Å². The highest BCUT2D eigenvalue weighted by molar-refractivity contribution is 6.30. The average molecular weight is 297 g/mol. The molecule has 0 spiro atoms. The molecular formula is C14H17ClN2O3. The number of halogens is 1. The summed E-state index contributed by atoms with van der Waals surface area (Å²) in [6.07, 6.45) is 1.58. The Bertz CT molecular complexity index is 565. The molecule has 1 unspecified atom stereocenters. The molecule has 1 atom stereocenters. The van der Waals surface area contributed by atoms with E-state index >= 15 is 0 Å². The van der Waals surface area contributed by atoms with Gasteiger partial charge in [-0.2, -0.15) is 4.98 Å². The third kappa shape index (κ3) is 3.29. The molecule has 0 aliphatic rings. The van der Waals surface area contributed by atoms with E-state index in [1.165, 1.54) is 6.07 Å². The lowest BCUT2D eigenvalue weighted by atomic mass is 10.2. The highest BCUT2D eigenvalue weighted by Gasteiger charge is 2.20. The van der Waals surface area contributed by atoms with Crippen LogP contribution in [0.5, 0.6) is 5.75 Å². The van der Waals surface area contributed by atoms with Gasteiger partial charge in [-0.25, -0.2) is 0 Å². The average Bonchev–Trinajstić information content (AvgIpc) is 2.91. The van der Waals surface area contributed by atoms with E-state index in [1.54, 1.807) is 12.1 Å². The summed E-state index contributed by atoms with van der Waals surface area (Å²) in [5.41, 5.74) is 0.419. The van der Waals surface area contributed by atoms with Crippen molar-refractivity contribution in [1.82, 2.24) is 10.1 Å². The summed E-state index contributed by atoms with van der Waals surface area (Å²) < 4.78 is 10.8. The Kier molecular flexibility index (Phi) is 4.98. The van der Waals surface area contributed by atoms with Gasteiger partial charge in [0, 0.05) is 11.6 Å².